The molecule has 3 rings (SSSR count). The first-order chi connectivity index (χ1) is 10.6. The number of hydrogen-bond acceptors (Lipinski definition) is 6. The van der Waals surface area contributed by atoms with Crippen molar-refractivity contribution in [1.82, 2.24) is 19.7 Å². The molecule has 0 saturated carbocycles. The third-order valence-corrected chi connectivity index (χ3v) is 3.92. The van der Waals surface area contributed by atoms with E-state index in [2.05, 4.69) is 10.1 Å². The SMILES string of the molecule is Cc1nc(CN(C)Cn2nc(-c3ccccc3)oc2=O)cs1. The summed E-state index contributed by atoms with van der Waals surface area (Å²) in [7, 11) is 1.91. The van der Waals surface area contributed by atoms with Gasteiger partial charge in [-0.05, 0) is 26.1 Å². The zero-order chi connectivity index (χ0) is 15.5. The van der Waals surface area contributed by atoms with Gasteiger partial charge in [-0.1, -0.05) is 18.2 Å². The van der Waals surface area contributed by atoms with Crippen molar-refractivity contribution in [3.05, 3.63) is 57.0 Å². The van der Waals surface area contributed by atoms with Crippen molar-refractivity contribution in [3.8, 4) is 11.5 Å². The van der Waals surface area contributed by atoms with Crippen molar-refractivity contribution < 1.29 is 4.42 Å². The number of thiazole rings is 1. The Labute approximate surface area is 131 Å². The van der Waals surface area contributed by atoms with E-state index in [0.717, 1.165) is 16.3 Å². The molecular weight excluding hydrogens is 300 g/mol. The van der Waals surface area contributed by atoms with Crippen LogP contribution in [0.2, 0.25) is 0 Å². The van der Waals surface area contributed by atoms with Crippen molar-refractivity contribution in [2.24, 2.45) is 0 Å². The zero-order valence-electron chi connectivity index (χ0n) is 12.4. The van der Waals surface area contributed by atoms with Crippen LogP contribution < -0.4 is 5.76 Å². The van der Waals surface area contributed by atoms with E-state index >= 15 is 0 Å². The highest BCUT2D eigenvalue weighted by Crippen LogP contribution is 2.14. The van der Waals surface area contributed by atoms with Gasteiger partial charge in [-0.3, -0.25) is 4.90 Å². The molecule has 0 spiro atoms. The van der Waals surface area contributed by atoms with Crippen molar-refractivity contribution >= 4 is 11.3 Å². The van der Waals surface area contributed by atoms with Crippen LogP contribution in [0.5, 0.6) is 0 Å². The monoisotopic (exact) mass is 316 g/mol. The molecule has 2 heterocycles. The lowest BCUT2D eigenvalue weighted by atomic mass is 10.2. The van der Waals surface area contributed by atoms with E-state index in [4.69, 9.17) is 4.42 Å². The molecule has 1 aromatic carbocycles. The van der Waals surface area contributed by atoms with Gasteiger partial charge in [-0.25, -0.2) is 9.78 Å². The van der Waals surface area contributed by atoms with Crippen LogP contribution >= 0.6 is 11.3 Å². The fourth-order valence-electron chi connectivity index (χ4n) is 2.13. The average molecular weight is 316 g/mol. The predicted molar refractivity (Wildman–Crippen MR) is 84.5 cm³/mol. The minimum Gasteiger partial charge on any atom is -0.388 e. The summed E-state index contributed by atoms with van der Waals surface area (Å²) < 4.78 is 6.53. The maximum absolute atomic E-state index is 11.9. The summed E-state index contributed by atoms with van der Waals surface area (Å²) >= 11 is 1.62. The number of aryl methyl sites for hydroxylation is 1. The molecule has 114 valence electrons. The fraction of sp³-hybridized carbons (Fsp3) is 0.267. The number of benzene rings is 1. The minimum atomic E-state index is -0.458. The molecule has 7 heteroatoms. The second-order valence-corrected chi connectivity index (χ2v) is 6.11. The molecule has 0 aliphatic heterocycles. The topological polar surface area (TPSA) is 64.2 Å². The first-order valence-electron chi connectivity index (χ1n) is 6.85. The van der Waals surface area contributed by atoms with Crippen LogP contribution in [0.4, 0.5) is 0 Å². The number of aromatic nitrogens is 3. The number of hydrogen-bond donors (Lipinski definition) is 0. The Morgan fingerprint density at radius 3 is 2.77 bits per heavy atom. The summed E-state index contributed by atoms with van der Waals surface area (Å²) in [5.74, 6) is -0.122. The molecule has 0 saturated heterocycles. The first-order valence-corrected chi connectivity index (χ1v) is 7.73. The third-order valence-electron chi connectivity index (χ3n) is 3.10. The standard InChI is InChI=1S/C15H16N4O2S/c1-11-16-13(9-22-11)8-18(2)10-19-15(20)21-14(17-19)12-6-4-3-5-7-12/h3-7,9H,8,10H2,1-2H3. The molecule has 0 amide bonds. The molecule has 0 atom stereocenters. The average Bonchev–Trinajstić information content (AvgIpc) is 3.07. The Bertz CT molecular complexity index is 806. The van der Waals surface area contributed by atoms with E-state index in [1.54, 1.807) is 11.3 Å². The Balaban J connectivity index is 1.73. The van der Waals surface area contributed by atoms with E-state index in [0.29, 0.717) is 19.1 Å². The van der Waals surface area contributed by atoms with Gasteiger partial charge in [0.15, 0.2) is 0 Å². The summed E-state index contributed by atoms with van der Waals surface area (Å²) in [4.78, 5) is 18.3. The maximum Gasteiger partial charge on any atom is 0.438 e. The van der Waals surface area contributed by atoms with Crippen LogP contribution in [0.25, 0.3) is 11.5 Å². The molecule has 0 fully saturated rings. The summed E-state index contributed by atoms with van der Waals surface area (Å²) in [6, 6.07) is 9.38. The van der Waals surface area contributed by atoms with Crippen molar-refractivity contribution in [2.45, 2.75) is 20.1 Å². The molecule has 6 nitrogen and oxygen atoms in total. The van der Waals surface area contributed by atoms with Crippen LogP contribution in [0.15, 0.2) is 44.9 Å². The molecule has 2 aromatic heterocycles. The van der Waals surface area contributed by atoms with E-state index in [1.807, 2.05) is 54.6 Å². The quantitative estimate of drug-likeness (QED) is 0.723. The van der Waals surface area contributed by atoms with Crippen molar-refractivity contribution in [2.75, 3.05) is 7.05 Å². The Morgan fingerprint density at radius 1 is 1.32 bits per heavy atom. The van der Waals surface area contributed by atoms with Crippen LogP contribution in [0.1, 0.15) is 10.7 Å². The lowest BCUT2D eigenvalue weighted by Gasteiger charge is -2.13. The summed E-state index contributed by atoms with van der Waals surface area (Å²) in [6.45, 7) is 2.98. The van der Waals surface area contributed by atoms with Gasteiger partial charge in [-0.15, -0.1) is 16.4 Å². The van der Waals surface area contributed by atoms with Crippen LogP contribution in [0.3, 0.4) is 0 Å². The minimum absolute atomic E-state index is 0.337. The number of nitrogens with zero attached hydrogens (tertiary/aromatic N) is 4. The maximum atomic E-state index is 11.9. The molecule has 3 aromatic rings. The Hall–Kier alpha value is -2.25. The molecule has 22 heavy (non-hydrogen) atoms. The first kappa shape index (κ1) is 14.7. The van der Waals surface area contributed by atoms with Gasteiger partial charge in [0.1, 0.15) is 6.67 Å². The fourth-order valence-corrected chi connectivity index (χ4v) is 2.73. The smallest absolute Gasteiger partial charge is 0.388 e. The third kappa shape index (κ3) is 3.32. The lowest BCUT2D eigenvalue weighted by Crippen LogP contribution is -2.28. The predicted octanol–water partition coefficient (Wildman–Crippen LogP) is 2.36. The molecule has 0 radical (unpaired) electrons. The second kappa shape index (κ2) is 6.25. The van der Waals surface area contributed by atoms with Crippen molar-refractivity contribution in [1.29, 1.82) is 0 Å². The van der Waals surface area contributed by atoms with Crippen LogP contribution in [0, 0.1) is 6.92 Å². The highest BCUT2D eigenvalue weighted by Gasteiger charge is 2.12. The van der Waals surface area contributed by atoms with E-state index in [-0.39, 0.29) is 0 Å². The lowest BCUT2D eigenvalue weighted by molar-refractivity contribution is 0.234. The van der Waals surface area contributed by atoms with E-state index < -0.39 is 5.76 Å². The molecule has 0 aliphatic rings. The largest absolute Gasteiger partial charge is 0.438 e. The van der Waals surface area contributed by atoms with Crippen molar-refractivity contribution in [3.63, 3.8) is 0 Å². The molecule has 0 aliphatic carbocycles. The Kier molecular flexibility index (Phi) is 4.17. The zero-order valence-corrected chi connectivity index (χ0v) is 13.2. The second-order valence-electron chi connectivity index (χ2n) is 5.05. The highest BCUT2D eigenvalue weighted by atomic mass is 32.1. The Morgan fingerprint density at radius 2 is 2.09 bits per heavy atom. The van der Waals surface area contributed by atoms with Crippen LogP contribution in [-0.2, 0) is 13.2 Å². The van der Waals surface area contributed by atoms with Gasteiger partial charge in [0.05, 0.1) is 10.7 Å². The van der Waals surface area contributed by atoms with E-state index in [1.165, 1.54) is 4.68 Å². The highest BCUT2D eigenvalue weighted by molar-refractivity contribution is 7.09. The van der Waals surface area contributed by atoms with Gasteiger partial charge in [-0.2, -0.15) is 4.68 Å². The van der Waals surface area contributed by atoms with E-state index in [9.17, 15) is 4.79 Å². The van der Waals surface area contributed by atoms with Crippen LogP contribution in [-0.4, -0.2) is 26.7 Å². The summed E-state index contributed by atoms with van der Waals surface area (Å²) in [5, 5.41) is 7.30. The van der Waals surface area contributed by atoms with Gasteiger partial charge >= 0.3 is 5.76 Å². The van der Waals surface area contributed by atoms with Gasteiger partial charge in [0.25, 0.3) is 0 Å². The molecule has 0 N–H and O–H groups in total. The summed E-state index contributed by atoms with van der Waals surface area (Å²) in [6.07, 6.45) is 0. The number of rotatable bonds is 5. The normalized spacial score (nSPS) is 11.2. The summed E-state index contributed by atoms with van der Waals surface area (Å²) in [5.41, 5.74) is 1.78. The van der Waals surface area contributed by atoms with Gasteiger partial charge in [0, 0.05) is 17.5 Å². The van der Waals surface area contributed by atoms with Gasteiger partial charge in [0.2, 0.25) is 5.89 Å². The van der Waals surface area contributed by atoms with Gasteiger partial charge < -0.3 is 4.42 Å². The molecule has 0 bridgehead atoms. The molecule has 0 unspecified atom stereocenters. The molecular formula is C15H16N4O2S.